The van der Waals surface area contributed by atoms with Crippen molar-refractivity contribution in [3.8, 4) is 0 Å². The largest absolute Gasteiger partial charge is 0.462 e. The van der Waals surface area contributed by atoms with E-state index in [4.69, 9.17) is 4.74 Å². The van der Waals surface area contributed by atoms with Crippen LogP contribution in [0.3, 0.4) is 0 Å². The van der Waals surface area contributed by atoms with Crippen LogP contribution in [0.25, 0.3) is 0 Å². The highest BCUT2D eigenvalue weighted by Crippen LogP contribution is 2.11. The van der Waals surface area contributed by atoms with Crippen LogP contribution < -0.4 is 10.6 Å². The number of aryl methyl sites for hydroxylation is 1. The molecule has 0 radical (unpaired) electrons. The Morgan fingerprint density at radius 3 is 2.35 bits per heavy atom. The molecule has 1 heterocycles. The van der Waals surface area contributed by atoms with Crippen LogP contribution in [-0.4, -0.2) is 29.4 Å². The first kappa shape index (κ1) is 21.7. The molecule has 2 aromatic carbocycles. The van der Waals surface area contributed by atoms with Crippen molar-refractivity contribution < 1.29 is 14.3 Å². The summed E-state index contributed by atoms with van der Waals surface area (Å²) < 4.78 is 5.00. The van der Waals surface area contributed by atoms with E-state index in [2.05, 4.69) is 20.6 Å². The molecule has 0 aliphatic rings. The number of rotatable bonds is 6. The minimum absolute atomic E-state index is 0.277. The summed E-state index contributed by atoms with van der Waals surface area (Å²) >= 11 is 0. The Morgan fingerprint density at radius 1 is 1.00 bits per heavy atom. The fourth-order valence-electron chi connectivity index (χ4n) is 2.70. The van der Waals surface area contributed by atoms with Gasteiger partial charge in [-0.1, -0.05) is 23.8 Å². The molecule has 0 unspecified atom stereocenters. The second-order valence-electron chi connectivity index (χ2n) is 6.77. The van der Waals surface area contributed by atoms with Gasteiger partial charge in [-0.05, 0) is 61.9 Å². The second-order valence-corrected chi connectivity index (χ2v) is 6.77. The third-order valence-corrected chi connectivity index (χ3v) is 4.35. The highest BCUT2D eigenvalue weighted by atomic mass is 16.5. The average Bonchev–Trinajstić information content (AvgIpc) is 2.79. The van der Waals surface area contributed by atoms with E-state index in [-0.39, 0.29) is 11.9 Å². The molecule has 31 heavy (non-hydrogen) atoms. The van der Waals surface area contributed by atoms with E-state index in [1.165, 1.54) is 0 Å². The van der Waals surface area contributed by atoms with Crippen molar-refractivity contribution in [2.24, 2.45) is 4.99 Å². The Morgan fingerprint density at radius 2 is 1.71 bits per heavy atom. The monoisotopic (exact) mass is 416 g/mol. The van der Waals surface area contributed by atoms with Crippen LogP contribution in [0.15, 0.2) is 78.0 Å². The average molecular weight is 416 g/mol. The number of aromatic nitrogens is 1. The first-order chi connectivity index (χ1) is 15.0. The van der Waals surface area contributed by atoms with E-state index in [9.17, 15) is 9.59 Å². The molecular formula is C24H24N4O3. The number of ether oxygens (including phenoxy) is 1. The summed E-state index contributed by atoms with van der Waals surface area (Å²) in [6, 6.07) is 17.8. The van der Waals surface area contributed by atoms with E-state index >= 15 is 0 Å². The summed E-state index contributed by atoms with van der Waals surface area (Å²) in [7, 11) is 0. The highest BCUT2D eigenvalue weighted by Gasteiger charge is 2.11. The van der Waals surface area contributed by atoms with Gasteiger partial charge in [0.15, 0.2) is 0 Å². The molecule has 3 rings (SSSR count). The quantitative estimate of drug-likeness (QED) is 0.360. The summed E-state index contributed by atoms with van der Waals surface area (Å²) in [6.07, 6.45) is 3.41. The van der Waals surface area contributed by atoms with Crippen LogP contribution in [0.1, 0.15) is 38.8 Å². The van der Waals surface area contributed by atoms with Crippen molar-refractivity contribution in [2.45, 2.75) is 20.4 Å². The molecule has 1 amide bonds. The molecule has 7 heteroatoms. The number of aliphatic imine (C=N–C) groups is 1. The van der Waals surface area contributed by atoms with Crippen LogP contribution in [-0.2, 0) is 11.3 Å². The number of hydrogen-bond acceptors (Lipinski definition) is 5. The molecule has 0 fully saturated rings. The van der Waals surface area contributed by atoms with Crippen LogP contribution in [0, 0.1) is 6.92 Å². The molecule has 0 saturated heterocycles. The smallest absolute Gasteiger partial charge is 0.338 e. The van der Waals surface area contributed by atoms with Gasteiger partial charge < -0.3 is 10.1 Å². The lowest BCUT2D eigenvalue weighted by Crippen LogP contribution is -2.36. The molecule has 0 saturated carbocycles. The van der Waals surface area contributed by atoms with Gasteiger partial charge >= 0.3 is 5.97 Å². The van der Waals surface area contributed by atoms with Crippen molar-refractivity contribution in [1.82, 2.24) is 10.3 Å². The predicted octanol–water partition coefficient (Wildman–Crippen LogP) is 3.96. The normalized spacial score (nSPS) is 11.0. The van der Waals surface area contributed by atoms with Crippen LogP contribution in [0.5, 0.6) is 0 Å². The van der Waals surface area contributed by atoms with Crippen molar-refractivity contribution in [2.75, 3.05) is 11.9 Å². The van der Waals surface area contributed by atoms with Gasteiger partial charge in [0, 0.05) is 23.6 Å². The predicted molar refractivity (Wildman–Crippen MR) is 120 cm³/mol. The number of esters is 1. The number of nitrogens with one attached hydrogen (secondary N) is 2. The number of amides is 1. The molecule has 0 bridgehead atoms. The van der Waals surface area contributed by atoms with Crippen molar-refractivity contribution in [1.29, 1.82) is 0 Å². The van der Waals surface area contributed by atoms with Gasteiger partial charge in [0.05, 0.1) is 18.7 Å². The molecule has 0 aliphatic carbocycles. The summed E-state index contributed by atoms with van der Waals surface area (Å²) in [5.41, 5.74) is 3.62. The zero-order valence-electron chi connectivity index (χ0n) is 17.5. The summed E-state index contributed by atoms with van der Waals surface area (Å²) in [4.78, 5) is 33.1. The Hall–Kier alpha value is -4.00. The topological polar surface area (TPSA) is 92.7 Å². The third kappa shape index (κ3) is 6.50. The minimum Gasteiger partial charge on any atom is -0.462 e. The Balaban J connectivity index is 1.77. The summed E-state index contributed by atoms with van der Waals surface area (Å²) in [5, 5.41) is 5.92. The van der Waals surface area contributed by atoms with E-state index < -0.39 is 0 Å². The molecule has 2 N–H and O–H groups in total. The van der Waals surface area contributed by atoms with Crippen molar-refractivity contribution in [3.05, 3.63) is 95.3 Å². The molecule has 0 spiro atoms. The molecule has 1 aromatic heterocycles. The summed E-state index contributed by atoms with van der Waals surface area (Å²) in [6.45, 7) is 4.37. The SMILES string of the molecule is CCOC(=O)c1ccc(NC(=NCc2cccnc2)NC(=O)c2ccc(C)cc2)cc1. The van der Waals surface area contributed by atoms with E-state index in [1.54, 1.807) is 55.7 Å². The first-order valence-electron chi connectivity index (χ1n) is 9.90. The molecule has 3 aromatic rings. The fraction of sp³-hybridized carbons (Fsp3) is 0.167. The van der Waals surface area contributed by atoms with Crippen LogP contribution in [0.2, 0.25) is 0 Å². The maximum absolute atomic E-state index is 12.7. The van der Waals surface area contributed by atoms with Crippen molar-refractivity contribution in [3.63, 3.8) is 0 Å². The number of pyridine rings is 1. The zero-order valence-corrected chi connectivity index (χ0v) is 17.5. The van der Waals surface area contributed by atoms with Gasteiger partial charge in [-0.15, -0.1) is 0 Å². The number of hydrogen-bond donors (Lipinski definition) is 2. The number of carbonyl (C=O) groups is 2. The van der Waals surface area contributed by atoms with Crippen LogP contribution in [0.4, 0.5) is 5.69 Å². The van der Waals surface area contributed by atoms with Gasteiger partial charge in [-0.25, -0.2) is 9.79 Å². The number of guanidine groups is 1. The lowest BCUT2D eigenvalue weighted by atomic mass is 10.1. The van der Waals surface area contributed by atoms with Gasteiger partial charge in [0.25, 0.3) is 5.91 Å². The molecule has 0 aliphatic heterocycles. The van der Waals surface area contributed by atoms with Gasteiger partial charge in [0.2, 0.25) is 5.96 Å². The van der Waals surface area contributed by atoms with E-state index in [0.29, 0.717) is 35.9 Å². The van der Waals surface area contributed by atoms with E-state index in [0.717, 1.165) is 11.1 Å². The molecular weight excluding hydrogens is 392 g/mol. The van der Waals surface area contributed by atoms with Crippen molar-refractivity contribution >= 4 is 23.5 Å². The Labute approximate surface area is 181 Å². The molecule has 7 nitrogen and oxygen atoms in total. The minimum atomic E-state index is -0.382. The highest BCUT2D eigenvalue weighted by molar-refractivity contribution is 6.10. The number of carbonyl (C=O) groups excluding carboxylic acids is 2. The standard InChI is InChI=1S/C24H24N4O3/c1-3-31-23(30)20-10-12-21(13-11-20)27-24(26-16-18-5-4-14-25-15-18)28-22(29)19-8-6-17(2)7-9-19/h4-15H,3,16H2,1-2H3,(H2,26,27,28,29). The Bertz CT molecular complexity index is 1050. The molecule has 158 valence electrons. The summed E-state index contributed by atoms with van der Waals surface area (Å²) in [5.74, 6) is -0.369. The van der Waals surface area contributed by atoms with E-state index in [1.807, 2.05) is 31.2 Å². The number of benzene rings is 2. The number of anilines is 1. The fourth-order valence-corrected chi connectivity index (χ4v) is 2.70. The van der Waals surface area contributed by atoms with Gasteiger partial charge in [-0.3, -0.25) is 15.1 Å². The Kier molecular flexibility index (Phi) is 7.48. The first-order valence-corrected chi connectivity index (χ1v) is 9.90. The zero-order chi connectivity index (χ0) is 22.1. The number of nitrogens with zero attached hydrogens (tertiary/aromatic N) is 2. The molecule has 0 atom stereocenters. The van der Waals surface area contributed by atoms with Gasteiger partial charge in [-0.2, -0.15) is 0 Å². The lowest BCUT2D eigenvalue weighted by Gasteiger charge is -2.12. The van der Waals surface area contributed by atoms with Gasteiger partial charge in [0.1, 0.15) is 0 Å². The third-order valence-electron chi connectivity index (χ3n) is 4.35. The van der Waals surface area contributed by atoms with Crippen LogP contribution >= 0.6 is 0 Å². The second kappa shape index (κ2) is 10.7. The maximum atomic E-state index is 12.7. The lowest BCUT2D eigenvalue weighted by molar-refractivity contribution is 0.0526. The maximum Gasteiger partial charge on any atom is 0.338 e.